The molecular weight excluding hydrogens is 334 g/mol. The van der Waals surface area contributed by atoms with Crippen LogP contribution in [0.2, 0.25) is 0 Å². The molecule has 0 bridgehead atoms. The van der Waals surface area contributed by atoms with Crippen LogP contribution >= 0.6 is 0 Å². The second kappa shape index (κ2) is 9.83. The number of ether oxygens (including phenoxy) is 1. The predicted molar refractivity (Wildman–Crippen MR) is 98.0 cm³/mol. The SMILES string of the molecule is CC(=O)Nc1ccc(C(=O)NCCNC(=O)COc2ccccc2)cc1. The van der Waals surface area contributed by atoms with E-state index in [4.69, 9.17) is 4.74 Å². The Morgan fingerprint density at radius 2 is 1.54 bits per heavy atom. The first kappa shape index (κ1) is 19.0. The Kier molecular flexibility index (Phi) is 7.17. The minimum absolute atomic E-state index is 0.0808. The van der Waals surface area contributed by atoms with Crippen molar-refractivity contribution in [2.45, 2.75) is 6.92 Å². The molecule has 0 atom stereocenters. The monoisotopic (exact) mass is 355 g/mol. The number of carbonyl (C=O) groups excluding carboxylic acids is 3. The minimum atomic E-state index is -0.261. The van der Waals surface area contributed by atoms with Gasteiger partial charge in [-0.3, -0.25) is 14.4 Å². The Bertz CT molecular complexity index is 745. The predicted octanol–water partition coefficient (Wildman–Crippen LogP) is 1.57. The zero-order valence-electron chi connectivity index (χ0n) is 14.5. The van der Waals surface area contributed by atoms with Crippen LogP contribution in [0.1, 0.15) is 17.3 Å². The number of hydrogen-bond donors (Lipinski definition) is 3. The van der Waals surface area contributed by atoms with E-state index < -0.39 is 0 Å². The van der Waals surface area contributed by atoms with E-state index in [1.165, 1.54) is 6.92 Å². The van der Waals surface area contributed by atoms with Crippen LogP contribution in [-0.4, -0.2) is 37.4 Å². The van der Waals surface area contributed by atoms with Crippen molar-refractivity contribution >= 4 is 23.4 Å². The lowest BCUT2D eigenvalue weighted by Crippen LogP contribution is -2.36. The molecule has 2 rings (SSSR count). The molecular formula is C19H21N3O4. The van der Waals surface area contributed by atoms with Gasteiger partial charge in [0.15, 0.2) is 6.61 Å². The highest BCUT2D eigenvalue weighted by atomic mass is 16.5. The molecule has 0 aromatic heterocycles. The first-order valence-corrected chi connectivity index (χ1v) is 8.15. The molecule has 0 saturated carbocycles. The Morgan fingerprint density at radius 1 is 0.885 bits per heavy atom. The summed E-state index contributed by atoms with van der Waals surface area (Å²) >= 11 is 0. The molecule has 0 aliphatic rings. The van der Waals surface area contributed by atoms with Crippen LogP contribution in [0.15, 0.2) is 54.6 Å². The van der Waals surface area contributed by atoms with E-state index in [9.17, 15) is 14.4 Å². The Hall–Kier alpha value is -3.35. The van der Waals surface area contributed by atoms with Crippen molar-refractivity contribution in [3.8, 4) is 5.75 Å². The largest absolute Gasteiger partial charge is 0.484 e. The zero-order chi connectivity index (χ0) is 18.8. The van der Waals surface area contributed by atoms with Gasteiger partial charge in [-0.15, -0.1) is 0 Å². The average molecular weight is 355 g/mol. The maximum absolute atomic E-state index is 12.0. The van der Waals surface area contributed by atoms with E-state index in [2.05, 4.69) is 16.0 Å². The van der Waals surface area contributed by atoms with Gasteiger partial charge >= 0.3 is 0 Å². The highest BCUT2D eigenvalue weighted by Crippen LogP contribution is 2.09. The molecule has 2 aromatic rings. The van der Waals surface area contributed by atoms with Gasteiger partial charge in [0.05, 0.1) is 0 Å². The molecule has 26 heavy (non-hydrogen) atoms. The lowest BCUT2D eigenvalue weighted by molar-refractivity contribution is -0.123. The smallest absolute Gasteiger partial charge is 0.258 e. The first-order chi connectivity index (χ1) is 12.5. The maximum Gasteiger partial charge on any atom is 0.258 e. The maximum atomic E-state index is 12.0. The minimum Gasteiger partial charge on any atom is -0.484 e. The van der Waals surface area contributed by atoms with Crippen LogP contribution in [0.3, 0.4) is 0 Å². The van der Waals surface area contributed by atoms with E-state index >= 15 is 0 Å². The lowest BCUT2D eigenvalue weighted by atomic mass is 10.2. The molecule has 0 fully saturated rings. The molecule has 0 radical (unpaired) electrons. The summed E-state index contributed by atoms with van der Waals surface area (Å²) in [5.74, 6) is -0.0650. The van der Waals surface area contributed by atoms with Gasteiger partial charge in [-0.2, -0.15) is 0 Å². The molecule has 2 aromatic carbocycles. The number of nitrogens with one attached hydrogen (secondary N) is 3. The van der Waals surface area contributed by atoms with Crippen LogP contribution in [0, 0.1) is 0 Å². The molecule has 3 amide bonds. The lowest BCUT2D eigenvalue weighted by Gasteiger charge is -2.09. The van der Waals surface area contributed by atoms with Gasteiger partial charge in [-0.05, 0) is 36.4 Å². The van der Waals surface area contributed by atoms with Gasteiger partial charge in [0.2, 0.25) is 5.91 Å². The molecule has 3 N–H and O–H groups in total. The van der Waals surface area contributed by atoms with Gasteiger partial charge in [0.25, 0.3) is 11.8 Å². The third-order valence-electron chi connectivity index (χ3n) is 3.31. The number of para-hydroxylation sites is 1. The van der Waals surface area contributed by atoms with Gasteiger partial charge in [-0.25, -0.2) is 0 Å². The van der Waals surface area contributed by atoms with Crippen molar-refractivity contribution in [2.75, 3.05) is 25.0 Å². The molecule has 7 nitrogen and oxygen atoms in total. The summed E-state index contributed by atoms with van der Waals surface area (Å²) in [4.78, 5) is 34.6. The Balaban J connectivity index is 1.65. The third-order valence-corrected chi connectivity index (χ3v) is 3.31. The van der Waals surface area contributed by atoms with Gasteiger partial charge < -0.3 is 20.7 Å². The summed E-state index contributed by atoms with van der Waals surface area (Å²) in [6.07, 6.45) is 0. The van der Waals surface area contributed by atoms with E-state index in [-0.39, 0.29) is 24.3 Å². The summed E-state index contributed by atoms with van der Waals surface area (Å²) in [5.41, 5.74) is 1.09. The fraction of sp³-hybridized carbons (Fsp3) is 0.211. The first-order valence-electron chi connectivity index (χ1n) is 8.15. The molecule has 7 heteroatoms. The molecule has 136 valence electrons. The van der Waals surface area contributed by atoms with Crippen LogP contribution in [0.25, 0.3) is 0 Å². The summed E-state index contributed by atoms with van der Waals surface area (Å²) < 4.78 is 5.32. The second-order valence-corrected chi connectivity index (χ2v) is 5.47. The van der Waals surface area contributed by atoms with E-state index in [1.807, 2.05) is 18.2 Å². The standard InChI is InChI=1S/C19H21N3O4/c1-14(23)22-16-9-7-15(8-10-16)19(25)21-12-11-20-18(24)13-26-17-5-3-2-4-6-17/h2-10H,11-13H2,1H3,(H,20,24)(H,21,25)(H,22,23). The second-order valence-electron chi connectivity index (χ2n) is 5.47. The van der Waals surface area contributed by atoms with Crippen molar-refractivity contribution in [3.63, 3.8) is 0 Å². The quantitative estimate of drug-likeness (QED) is 0.626. The van der Waals surface area contributed by atoms with Crippen LogP contribution < -0.4 is 20.7 Å². The number of amides is 3. The van der Waals surface area contributed by atoms with Crippen LogP contribution in [0.4, 0.5) is 5.69 Å². The molecule has 0 saturated heterocycles. The normalized spacial score (nSPS) is 9.88. The number of carbonyl (C=O) groups is 3. The molecule has 0 aliphatic carbocycles. The molecule has 0 aliphatic heterocycles. The highest BCUT2D eigenvalue weighted by Gasteiger charge is 2.06. The topological polar surface area (TPSA) is 96.5 Å². The van der Waals surface area contributed by atoms with Crippen molar-refractivity contribution < 1.29 is 19.1 Å². The number of rotatable bonds is 8. The van der Waals surface area contributed by atoms with Crippen molar-refractivity contribution in [1.82, 2.24) is 10.6 Å². The fourth-order valence-corrected chi connectivity index (χ4v) is 2.10. The van der Waals surface area contributed by atoms with E-state index in [1.54, 1.807) is 36.4 Å². The molecule has 0 spiro atoms. The number of anilines is 1. The highest BCUT2D eigenvalue weighted by molar-refractivity contribution is 5.95. The van der Waals surface area contributed by atoms with E-state index in [0.717, 1.165) is 0 Å². The zero-order valence-corrected chi connectivity index (χ0v) is 14.5. The number of benzene rings is 2. The van der Waals surface area contributed by atoms with Gasteiger partial charge in [0, 0.05) is 31.3 Å². The van der Waals surface area contributed by atoms with Gasteiger partial charge in [-0.1, -0.05) is 18.2 Å². The summed E-state index contributed by atoms with van der Waals surface area (Å²) in [7, 11) is 0. The average Bonchev–Trinajstić information content (AvgIpc) is 2.64. The Morgan fingerprint density at radius 3 is 2.19 bits per heavy atom. The Labute approximate surface area is 151 Å². The van der Waals surface area contributed by atoms with Crippen LogP contribution in [-0.2, 0) is 9.59 Å². The van der Waals surface area contributed by atoms with E-state index in [0.29, 0.717) is 30.1 Å². The van der Waals surface area contributed by atoms with Crippen LogP contribution in [0.5, 0.6) is 5.75 Å². The fourth-order valence-electron chi connectivity index (χ4n) is 2.10. The molecule has 0 heterocycles. The van der Waals surface area contributed by atoms with Crippen molar-refractivity contribution in [3.05, 3.63) is 60.2 Å². The third kappa shape index (κ3) is 6.64. The number of hydrogen-bond acceptors (Lipinski definition) is 4. The van der Waals surface area contributed by atoms with Crippen molar-refractivity contribution in [1.29, 1.82) is 0 Å². The van der Waals surface area contributed by atoms with Crippen molar-refractivity contribution in [2.24, 2.45) is 0 Å². The molecule has 0 unspecified atom stereocenters. The van der Waals surface area contributed by atoms with Gasteiger partial charge in [0.1, 0.15) is 5.75 Å². The summed E-state index contributed by atoms with van der Waals surface area (Å²) in [5, 5.41) is 8.00. The summed E-state index contributed by atoms with van der Waals surface area (Å²) in [6, 6.07) is 15.6. The summed E-state index contributed by atoms with van der Waals surface area (Å²) in [6.45, 7) is 1.93.